The molecule has 2 unspecified atom stereocenters. The number of rotatable bonds is 3. The van der Waals surface area contributed by atoms with Gasteiger partial charge in [0.1, 0.15) is 0 Å². The van der Waals surface area contributed by atoms with Gasteiger partial charge in [0.2, 0.25) is 5.95 Å². The Morgan fingerprint density at radius 3 is 2.85 bits per heavy atom. The highest BCUT2D eigenvalue weighted by atomic mass is 15.3. The van der Waals surface area contributed by atoms with E-state index in [9.17, 15) is 0 Å². The summed E-state index contributed by atoms with van der Waals surface area (Å²) in [7, 11) is 0. The number of aryl methyl sites for hydroxylation is 1. The summed E-state index contributed by atoms with van der Waals surface area (Å²) < 4.78 is 1.87. The van der Waals surface area contributed by atoms with Crippen LogP contribution in [0.1, 0.15) is 45.1 Å². The molecule has 108 valence electrons. The topological polar surface area (TPSA) is 42.2 Å². The van der Waals surface area contributed by atoms with E-state index in [1.807, 2.05) is 16.8 Å². The van der Waals surface area contributed by atoms with Crippen LogP contribution in [0.5, 0.6) is 0 Å². The molecule has 0 saturated heterocycles. The molecule has 1 aliphatic carbocycles. The SMILES string of the molecule is Cc1cccn2nc(NC3CCCCC3C(C)C)nc12. The average Bonchev–Trinajstić information content (AvgIpc) is 2.83. The number of nitrogens with zero attached hydrogens (tertiary/aromatic N) is 3. The number of anilines is 1. The van der Waals surface area contributed by atoms with E-state index in [0.29, 0.717) is 12.0 Å². The number of nitrogens with one attached hydrogen (secondary N) is 1. The van der Waals surface area contributed by atoms with Gasteiger partial charge in [-0.15, -0.1) is 5.10 Å². The molecular formula is C16H24N4. The third kappa shape index (κ3) is 2.51. The molecule has 4 nitrogen and oxygen atoms in total. The van der Waals surface area contributed by atoms with E-state index in [0.717, 1.165) is 23.1 Å². The molecule has 2 aromatic heterocycles. The third-order valence-corrected chi connectivity index (χ3v) is 4.55. The summed E-state index contributed by atoms with van der Waals surface area (Å²) in [5, 5.41) is 8.14. The van der Waals surface area contributed by atoms with E-state index in [1.165, 1.54) is 25.7 Å². The van der Waals surface area contributed by atoms with Gasteiger partial charge in [-0.25, -0.2) is 4.52 Å². The number of hydrogen-bond donors (Lipinski definition) is 1. The second-order valence-corrected chi connectivity index (χ2v) is 6.34. The molecule has 0 bridgehead atoms. The van der Waals surface area contributed by atoms with Gasteiger partial charge in [0, 0.05) is 12.2 Å². The van der Waals surface area contributed by atoms with E-state index in [2.05, 4.69) is 42.2 Å². The van der Waals surface area contributed by atoms with Gasteiger partial charge in [-0.3, -0.25) is 0 Å². The minimum atomic E-state index is 0.515. The van der Waals surface area contributed by atoms with Crippen molar-refractivity contribution in [3.63, 3.8) is 0 Å². The molecule has 2 aromatic rings. The highest BCUT2D eigenvalue weighted by Gasteiger charge is 2.28. The summed E-state index contributed by atoms with van der Waals surface area (Å²) in [5.41, 5.74) is 2.11. The predicted octanol–water partition coefficient (Wildman–Crippen LogP) is 3.66. The lowest BCUT2D eigenvalue weighted by Gasteiger charge is -2.34. The Balaban J connectivity index is 1.82. The summed E-state index contributed by atoms with van der Waals surface area (Å²) in [4.78, 5) is 4.64. The third-order valence-electron chi connectivity index (χ3n) is 4.55. The van der Waals surface area contributed by atoms with Crippen LogP contribution in [0.2, 0.25) is 0 Å². The van der Waals surface area contributed by atoms with Crippen LogP contribution in [-0.4, -0.2) is 20.6 Å². The Morgan fingerprint density at radius 1 is 1.30 bits per heavy atom. The van der Waals surface area contributed by atoms with Crippen LogP contribution in [-0.2, 0) is 0 Å². The maximum Gasteiger partial charge on any atom is 0.243 e. The molecule has 1 saturated carbocycles. The van der Waals surface area contributed by atoms with Crippen molar-refractivity contribution in [3.05, 3.63) is 23.9 Å². The number of pyridine rings is 1. The van der Waals surface area contributed by atoms with E-state index < -0.39 is 0 Å². The van der Waals surface area contributed by atoms with Crippen molar-refractivity contribution in [3.8, 4) is 0 Å². The Labute approximate surface area is 120 Å². The van der Waals surface area contributed by atoms with Gasteiger partial charge < -0.3 is 5.32 Å². The first-order valence-electron chi connectivity index (χ1n) is 7.73. The van der Waals surface area contributed by atoms with E-state index in [4.69, 9.17) is 0 Å². The minimum absolute atomic E-state index is 0.515. The van der Waals surface area contributed by atoms with Crippen molar-refractivity contribution >= 4 is 11.6 Å². The molecule has 0 spiro atoms. The highest BCUT2D eigenvalue weighted by molar-refractivity contribution is 5.50. The van der Waals surface area contributed by atoms with Gasteiger partial charge in [-0.1, -0.05) is 32.8 Å². The maximum absolute atomic E-state index is 4.64. The van der Waals surface area contributed by atoms with Crippen LogP contribution < -0.4 is 5.32 Å². The van der Waals surface area contributed by atoms with Gasteiger partial charge >= 0.3 is 0 Å². The Kier molecular flexibility index (Phi) is 3.64. The second kappa shape index (κ2) is 5.43. The lowest BCUT2D eigenvalue weighted by atomic mass is 9.78. The van der Waals surface area contributed by atoms with Crippen molar-refractivity contribution in [2.24, 2.45) is 11.8 Å². The van der Waals surface area contributed by atoms with Crippen molar-refractivity contribution in [1.82, 2.24) is 14.6 Å². The van der Waals surface area contributed by atoms with E-state index in [-0.39, 0.29) is 0 Å². The Morgan fingerprint density at radius 2 is 2.10 bits per heavy atom. The van der Waals surface area contributed by atoms with Gasteiger partial charge in [-0.05, 0) is 43.2 Å². The molecule has 20 heavy (non-hydrogen) atoms. The standard InChI is InChI=1S/C16H24N4/c1-11(2)13-8-4-5-9-14(13)17-16-18-15-12(3)7-6-10-20(15)19-16/h6-7,10-11,13-14H,4-5,8-9H2,1-3H3,(H,17,19). The Bertz CT molecular complexity index is 587. The minimum Gasteiger partial charge on any atom is -0.350 e. The maximum atomic E-state index is 4.64. The van der Waals surface area contributed by atoms with Crippen LogP contribution in [0.3, 0.4) is 0 Å². The molecule has 0 amide bonds. The summed E-state index contributed by atoms with van der Waals surface area (Å²) >= 11 is 0. The molecule has 0 aliphatic heterocycles. The Hall–Kier alpha value is -1.58. The van der Waals surface area contributed by atoms with Crippen LogP contribution in [0.25, 0.3) is 5.65 Å². The first-order chi connectivity index (χ1) is 9.65. The van der Waals surface area contributed by atoms with Crippen LogP contribution in [0, 0.1) is 18.8 Å². The lowest BCUT2D eigenvalue weighted by Crippen LogP contribution is -2.35. The number of fused-ring (bicyclic) bond motifs is 1. The van der Waals surface area contributed by atoms with Crippen molar-refractivity contribution < 1.29 is 0 Å². The summed E-state index contributed by atoms with van der Waals surface area (Å²) in [5.74, 6) is 2.22. The van der Waals surface area contributed by atoms with Gasteiger partial charge in [0.25, 0.3) is 0 Å². The fourth-order valence-electron chi connectivity index (χ4n) is 3.40. The zero-order chi connectivity index (χ0) is 14.1. The first-order valence-corrected chi connectivity index (χ1v) is 7.73. The monoisotopic (exact) mass is 272 g/mol. The molecule has 0 radical (unpaired) electrons. The summed E-state index contributed by atoms with van der Waals surface area (Å²) in [6.07, 6.45) is 7.19. The molecule has 1 N–H and O–H groups in total. The average molecular weight is 272 g/mol. The molecule has 3 rings (SSSR count). The fraction of sp³-hybridized carbons (Fsp3) is 0.625. The first kappa shape index (κ1) is 13.4. The molecule has 1 fully saturated rings. The zero-order valence-electron chi connectivity index (χ0n) is 12.6. The quantitative estimate of drug-likeness (QED) is 0.927. The molecule has 4 heteroatoms. The van der Waals surface area contributed by atoms with Crippen molar-refractivity contribution in [2.45, 2.75) is 52.5 Å². The highest BCUT2D eigenvalue weighted by Crippen LogP contribution is 2.31. The number of hydrogen-bond acceptors (Lipinski definition) is 3. The molecule has 0 aromatic carbocycles. The van der Waals surface area contributed by atoms with Gasteiger partial charge in [0.15, 0.2) is 5.65 Å². The van der Waals surface area contributed by atoms with E-state index >= 15 is 0 Å². The lowest BCUT2D eigenvalue weighted by molar-refractivity contribution is 0.253. The van der Waals surface area contributed by atoms with Crippen LogP contribution >= 0.6 is 0 Å². The predicted molar refractivity (Wildman–Crippen MR) is 81.9 cm³/mol. The van der Waals surface area contributed by atoms with E-state index in [1.54, 1.807) is 0 Å². The largest absolute Gasteiger partial charge is 0.350 e. The van der Waals surface area contributed by atoms with Crippen LogP contribution in [0.15, 0.2) is 18.3 Å². The van der Waals surface area contributed by atoms with Crippen LogP contribution in [0.4, 0.5) is 5.95 Å². The van der Waals surface area contributed by atoms with Gasteiger partial charge in [0.05, 0.1) is 0 Å². The fourth-order valence-corrected chi connectivity index (χ4v) is 3.40. The number of aromatic nitrogens is 3. The molecule has 1 aliphatic rings. The summed E-state index contributed by atoms with van der Waals surface area (Å²) in [6.45, 7) is 6.73. The normalized spacial score (nSPS) is 23.4. The van der Waals surface area contributed by atoms with Crippen molar-refractivity contribution in [2.75, 3.05) is 5.32 Å². The molecular weight excluding hydrogens is 248 g/mol. The van der Waals surface area contributed by atoms with Crippen molar-refractivity contribution in [1.29, 1.82) is 0 Å². The zero-order valence-corrected chi connectivity index (χ0v) is 12.6. The molecule has 2 atom stereocenters. The molecule has 2 heterocycles. The van der Waals surface area contributed by atoms with Gasteiger partial charge in [-0.2, -0.15) is 4.98 Å². The second-order valence-electron chi connectivity index (χ2n) is 6.34. The summed E-state index contributed by atoms with van der Waals surface area (Å²) in [6, 6.07) is 4.60. The smallest absolute Gasteiger partial charge is 0.243 e.